The first-order chi connectivity index (χ1) is 8.27. The van der Waals surface area contributed by atoms with Crippen molar-refractivity contribution in [2.24, 2.45) is 5.92 Å². The van der Waals surface area contributed by atoms with E-state index in [1.165, 1.54) is 0 Å². The quantitative estimate of drug-likeness (QED) is 0.865. The average Bonchev–Trinajstić information content (AvgIpc) is 2.78. The molecule has 1 aliphatic heterocycles. The lowest BCUT2D eigenvalue weighted by Gasteiger charge is -2.26. The number of nitrogens with zero attached hydrogens (tertiary/aromatic N) is 1. The van der Waals surface area contributed by atoms with Crippen LogP contribution in [0.5, 0.6) is 5.75 Å². The zero-order valence-corrected chi connectivity index (χ0v) is 10.6. The van der Waals surface area contributed by atoms with Crippen LogP contribution < -0.4 is 10.1 Å². The second kappa shape index (κ2) is 5.47. The minimum atomic E-state index is 0.184. The molecule has 1 aromatic heterocycles. The van der Waals surface area contributed by atoms with Crippen molar-refractivity contribution in [3.05, 3.63) is 24.0 Å². The van der Waals surface area contributed by atoms with Gasteiger partial charge in [0.25, 0.3) is 0 Å². The standard InChI is InChI=1S/C13H20N2O2/c1-9-10(6-8-17-9)12(14-2)13-11(16-3)5-4-7-15-13/h4-5,7,9-10,12,14H,6,8H2,1-3H3. The maximum absolute atomic E-state index is 5.63. The number of ether oxygens (including phenoxy) is 2. The fraction of sp³-hybridized carbons (Fsp3) is 0.615. The molecule has 2 heterocycles. The van der Waals surface area contributed by atoms with Gasteiger partial charge < -0.3 is 14.8 Å². The van der Waals surface area contributed by atoms with Gasteiger partial charge >= 0.3 is 0 Å². The highest BCUT2D eigenvalue weighted by Crippen LogP contribution is 2.35. The zero-order chi connectivity index (χ0) is 12.3. The van der Waals surface area contributed by atoms with Crippen LogP contribution in [0.15, 0.2) is 18.3 Å². The molecule has 3 atom stereocenters. The normalized spacial score (nSPS) is 25.8. The zero-order valence-electron chi connectivity index (χ0n) is 10.6. The monoisotopic (exact) mass is 236 g/mol. The van der Waals surface area contributed by atoms with Crippen molar-refractivity contribution in [1.29, 1.82) is 0 Å². The molecule has 0 spiro atoms. The molecule has 3 unspecified atom stereocenters. The Morgan fingerprint density at radius 3 is 3.00 bits per heavy atom. The van der Waals surface area contributed by atoms with Crippen molar-refractivity contribution < 1.29 is 9.47 Å². The Morgan fingerprint density at radius 1 is 1.59 bits per heavy atom. The number of aromatic nitrogens is 1. The smallest absolute Gasteiger partial charge is 0.141 e. The van der Waals surface area contributed by atoms with E-state index in [-0.39, 0.29) is 12.1 Å². The van der Waals surface area contributed by atoms with E-state index in [1.54, 1.807) is 7.11 Å². The lowest BCUT2D eigenvalue weighted by atomic mass is 9.90. The van der Waals surface area contributed by atoms with E-state index in [1.807, 2.05) is 25.4 Å². The van der Waals surface area contributed by atoms with Gasteiger partial charge in [-0.05, 0) is 32.5 Å². The molecule has 2 rings (SSSR count). The number of rotatable bonds is 4. The number of nitrogens with one attached hydrogen (secondary N) is 1. The summed E-state index contributed by atoms with van der Waals surface area (Å²) in [7, 11) is 3.64. The van der Waals surface area contributed by atoms with Crippen molar-refractivity contribution in [2.45, 2.75) is 25.5 Å². The van der Waals surface area contributed by atoms with E-state index >= 15 is 0 Å². The average molecular weight is 236 g/mol. The van der Waals surface area contributed by atoms with Gasteiger partial charge in [0, 0.05) is 18.7 Å². The number of methoxy groups -OCH3 is 1. The van der Waals surface area contributed by atoms with Crippen LogP contribution in [0, 0.1) is 5.92 Å². The van der Waals surface area contributed by atoms with Crippen LogP contribution in [-0.4, -0.2) is 31.9 Å². The third-order valence-corrected chi connectivity index (χ3v) is 3.49. The molecule has 0 bridgehead atoms. The van der Waals surface area contributed by atoms with Crippen LogP contribution in [-0.2, 0) is 4.74 Å². The summed E-state index contributed by atoms with van der Waals surface area (Å²) in [5.41, 5.74) is 0.972. The molecule has 4 nitrogen and oxygen atoms in total. The van der Waals surface area contributed by atoms with Gasteiger partial charge in [-0.15, -0.1) is 0 Å². The Balaban J connectivity index is 2.28. The van der Waals surface area contributed by atoms with Crippen molar-refractivity contribution in [1.82, 2.24) is 10.3 Å². The molecule has 1 fully saturated rings. The molecule has 1 aromatic rings. The lowest BCUT2D eigenvalue weighted by Crippen LogP contribution is -2.30. The van der Waals surface area contributed by atoms with E-state index < -0.39 is 0 Å². The third-order valence-electron chi connectivity index (χ3n) is 3.49. The maximum atomic E-state index is 5.63. The Bertz CT molecular complexity index is 370. The molecule has 17 heavy (non-hydrogen) atoms. The highest BCUT2D eigenvalue weighted by Gasteiger charge is 2.34. The Kier molecular flexibility index (Phi) is 3.97. The van der Waals surface area contributed by atoms with E-state index in [9.17, 15) is 0 Å². The van der Waals surface area contributed by atoms with Crippen LogP contribution in [0.2, 0.25) is 0 Å². The molecule has 1 saturated heterocycles. The second-order valence-corrected chi connectivity index (χ2v) is 4.39. The molecule has 0 saturated carbocycles. The second-order valence-electron chi connectivity index (χ2n) is 4.39. The highest BCUT2D eigenvalue weighted by molar-refractivity contribution is 5.30. The van der Waals surface area contributed by atoms with Gasteiger partial charge in [-0.3, -0.25) is 4.98 Å². The number of pyridine rings is 1. The summed E-state index contributed by atoms with van der Waals surface area (Å²) in [4.78, 5) is 4.46. The third kappa shape index (κ3) is 2.42. The first-order valence-electron chi connectivity index (χ1n) is 6.05. The molecule has 94 valence electrons. The predicted octanol–water partition coefficient (Wildman–Crippen LogP) is 1.78. The van der Waals surface area contributed by atoms with Crippen molar-refractivity contribution in [3.63, 3.8) is 0 Å². The minimum absolute atomic E-state index is 0.184. The molecule has 1 N–H and O–H groups in total. The van der Waals surface area contributed by atoms with Crippen LogP contribution in [0.25, 0.3) is 0 Å². The lowest BCUT2D eigenvalue weighted by molar-refractivity contribution is 0.0955. The first-order valence-corrected chi connectivity index (χ1v) is 6.05. The maximum Gasteiger partial charge on any atom is 0.141 e. The molecule has 0 aromatic carbocycles. The molecule has 0 amide bonds. The first kappa shape index (κ1) is 12.3. The molecule has 1 aliphatic rings. The molecule has 4 heteroatoms. The Labute approximate surface area is 102 Å². The molecular weight excluding hydrogens is 216 g/mol. The minimum Gasteiger partial charge on any atom is -0.495 e. The predicted molar refractivity (Wildman–Crippen MR) is 66.1 cm³/mol. The Morgan fingerprint density at radius 2 is 2.41 bits per heavy atom. The van der Waals surface area contributed by atoms with Crippen LogP contribution >= 0.6 is 0 Å². The number of hydrogen-bond acceptors (Lipinski definition) is 4. The summed E-state index contributed by atoms with van der Waals surface area (Å²) in [6, 6.07) is 4.03. The van der Waals surface area contributed by atoms with Crippen LogP contribution in [0.1, 0.15) is 25.1 Å². The topological polar surface area (TPSA) is 43.4 Å². The summed E-state index contributed by atoms with van der Waals surface area (Å²) in [5.74, 6) is 1.29. The fourth-order valence-corrected chi connectivity index (χ4v) is 2.55. The summed E-state index contributed by atoms with van der Waals surface area (Å²) in [6.07, 6.45) is 3.13. The molecular formula is C13H20N2O2. The van der Waals surface area contributed by atoms with Gasteiger partial charge in [-0.1, -0.05) is 0 Å². The van der Waals surface area contributed by atoms with Gasteiger partial charge in [-0.25, -0.2) is 0 Å². The highest BCUT2D eigenvalue weighted by atomic mass is 16.5. The van der Waals surface area contributed by atoms with Gasteiger partial charge in [0.15, 0.2) is 0 Å². The van der Waals surface area contributed by atoms with Crippen molar-refractivity contribution >= 4 is 0 Å². The van der Waals surface area contributed by atoms with E-state index in [4.69, 9.17) is 9.47 Å². The van der Waals surface area contributed by atoms with Gasteiger partial charge in [-0.2, -0.15) is 0 Å². The van der Waals surface area contributed by atoms with E-state index in [0.717, 1.165) is 24.5 Å². The SMILES string of the molecule is CNC(c1ncccc1OC)C1CCOC1C. The summed E-state index contributed by atoms with van der Waals surface area (Å²) >= 11 is 0. The Hall–Kier alpha value is -1.13. The summed E-state index contributed by atoms with van der Waals surface area (Å²) in [6.45, 7) is 2.95. The van der Waals surface area contributed by atoms with Crippen LogP contribution in [0.4, 0.5) is 0 Å². The van der Waals surface area contributed by atoms with Gasteiger partial charge in [0.1, 0.15) is 5.75 Å². The van der Waals surface area contributed by atoms with Gasteiger partial charge in [0.2, 0.25) is 0 Å². The summed E-state index contributed by atoms with van der Waals surface area (Å²) < 4.78 is 11.0. The molecule has 0 aliphatic carbocycles. The van der Waals surface area contributed by atoms with Gasteiger partial charge in [0.05, 0.1) is 24.9 Å². The van der Waals surface area contributed by atoms with Crippen molar-refractivity contribution in [2.75, 3.05) is 20.8 Å². The number of hydrogen-bond donors (Lipinski definition) is 1. The largest absolute Gasteiger partial charge is 0.495 e. The fourth-order valence-electron chi connectivity index (χ4n) is 2.55. The van der Waals surface area contributed by atoms with E-state index in [2.05, 4.69) is 17.2 Å². The van der Waals surface area contributed by atoms with Crippen molar-refractivity contribution in [3.8, 4) is 5.75 Å². The van der Waals surface area contributed by atoms with Crippen LogP contribution in [0.3, 0.4) is 0 Å². The van der Waals surface area contributed by atoms with E-state index in [0.29, 0.717) is 5.92 Å². The molecule has 0 radical (unpaired) electrons. The summed E-state index contributed by atoms with van der Waals surface area (Å²) in [5, 5.41) is 3.34.